The lowest BCUT2D eigenvalue weighted by atomic mass is 10.1. The van der Waals surface area contributed by atoms with Crippen molar-refractivity contribution in [2.45, 2.75) is 18.9 Å². The van der Waals surface area contributed by atoms with Gasteiger partial charge in [-0.25, -0.2) is 4.98 Å². The van der Waals surface area contributed by atoms with Gasteiger partial charge in [0.2, 0.25) is 0 Å². The number of anilines is 1. The smallest absolute Gasteiger partial charge is 0.173 e. The first kappa shape index (κ1) is 12.6. The Morgan fingerprint density at radius 2 is 2.28 bits per heavy atom. The van der Waals surface area contributed by atoms with Crippen LogP contribution in [0.2, 0.25) is 0 Å². The van der Waals surface area contributed by atoms with Crippen LogP contribution in [0.5, 0.6) is 0 Å². The minimum Gasteiger partial charge on any atom is -0.409 e. The lowest BCUT2D eigenvalue weighted by Gasteiger charge is -2.32. The van der Waals surface area contributed by atoms with Gasteiger partial charge in [0, 0.05) is 32.5 Å². The topological polar surface area (TPSA) is 84.0 Å². The first-order chi connectivity index (χ1) is 8.74. The molecule has 2 rings (SSSR count). The largest absolute Gasteiger partial charge is 0.409 e. The van der Waals surface area contributed by atoms with Crippen LogP contribution in [0.25, 0.3) is 0 Å². The summed E-state index contributed by atoms with van der Waals surface area (Å²) in [6.07, 6.45) is 3.63. The predicted molar refractivity (Wildman–Crippen MR) is 69.0 cm³/mol. The third-order valence-corrected chi connectivity index (χ3v) is 3.24. The second-order valence-corrected chi connectivity index (χ2v) is 4.31. The maximum absolute atomic E-state index is 8.80. The van der Waals surface area contributed by atoms with Crippen LogP contribution < -0.4 is 10.6 Å². The van der Waals surface area contributed by atoms with E-state index in [0.717, 1.165) is 31.9 Å². The highest BCUT2D eigenvalue weighted by molar-refractivity contribution is 6.01. The van der Waals surface area contributed by atoms with Gasteiger partial charge in [0.05, 0.1) is 5.56 Å². The predicted octanol–water partition coefficient (Wildman–Crippen LogP) is 0.791. The van der Waals surface area contributed by atoms with Crippen molar-refractivity contribution < 1.29 is 9.94 Å². The van der Waals surface area contributed by atoms with Crippen molar-refractivity contribution in [1.82, 2.24) is 4.98 Å². The monoisotopic (exact) mass is 250 g/mol. The van der Waals surface area contributed by atoms with E-state index in [0.29, 0.717) is 11.6 Å². The van der Waals surface area contributed by atoms with Crippen molar-refractivity contribution in [2.24, 2.45) is 10.9 Å². The van der Waals surface area contributed by atoms with E-state index in [9.17, 15) is 0 Å². The fraction of sp³-hybridized carbons (Fsp3) is 0.500. The molecule has 2 heterocycles. The molecule has 0 amide bonds. The van der Waals surface area contributed by atoms with Gasteiger partial charge in [-0.1, -0.05) is 5.16 Å². The van der Waals surface area contributed by atoms with E-state index in [-0.39, 0.29) is 5.84 Å². The van der Waals surface area contributed by atoms with Crippen molar-refractivity contribution in [3.05, 3.63) is 23.9 Å². The molecule has 0 aliphatic carbocycles. The van der Waals surface area contributed by atoms with Crippen LogP contribution in [0, 0.1) is 0 Å². The highest BCUT2D eigenvalue weighted by atomic mass is 16.5. The average molecular weight is 250 g/mol. The molecule has 0 bridgehead atoms. The van der Waals surface area contributed by atoms with Gasteiger partial charge in [0.15, 0.2) is 5.84 Å². The number of amidine groups is 1. The number of aromatic nitrogens is 1. The molecule has 1 aliphatic heterocycles. The van der Waals surface area contributed by atoms with Crippen molar-refractivity contribution in [3.63, 3.8) is 0 Å². The molecule has 1 saturated heterocycles. The summed E-state index contributed by atoms with van der Waals surface area (Å²) in [6.45, 7) is 1.53. The Morgan fingerprint density at radius 1 is 1.56 bits per heavy atom. The Labute approximate surface area is 106 Å². The van der Waals surface area contributed by atoms with Crippen molar-refractivity contribution in [2.75, 3.05) is 25.2 Å². The molecule has 6 heteroatoms. The van der Waals surface area contributed by atoms with Gasteiger partial charge in [-0.05, 0) is 25.0 Å². The van der Waals surface area contributed by atoms with E-state index >= 15 is 0 Å². The summed E-state index contributed by atoms with van der Waals surface area (Å²) in [5.74, 6) is 0.816. The normalized spacial score (nSPS) is 17.7. The van der Waals surface area contributed by atoms with E-state index in [1.54, 1.807) is 18.3 Å². The zero-order valence-corrected chi connectivity index (χ0v) is 10.4. The molecule has 0 aromatic carbocycles. The summed E-state index contributed by atoms with van der Waals surface area (Å²) < 4.78 is 5.35. The number of ether oxygens (including phenoxy) is 1. The molecule has 1 aliphatic rings. The Kier molecular flexibility index (Phi) is 3.99. The number of hydrogen-bond donors (Lipinski definition) is 2. The second-order valence-electron chi connectivity index (χ2n) is 4.31. The fourth-order valence-corrected chi connectivity index (χ4v) is 2.18. The van der Waals surface area contributed by atoms with E-state index in [1.165, 1.54) is 0 Å². The SMILES string of the molecule is CN(c1ncccc1/C(N)=N/O)C1CCOCC1. The molecule has 0 radical (unpaired) electrons. The summed E-state index contributed by atoms with van der Waals surface area (Å²) in [7, 11) is 1.98. The molecule has 0 unspecified atom stereocenters. The van der Waals surface area contributed by atoms with Crippen molar-refractivity contribution in [3.8, 4) is 0 Å². The molecule has 18 heavy (non-hydrogen) atoms. The lowest BCUT2D eigenvalue weighted by Crippen LogP contribution is -2.38. The van der Waals surface area contributed by atoms with Crippen LogP contribution in [0.15, 0.2) is 23.5 Å². The number of hydrogen-bond acceptors (Lipinski definition) is 5. The standard InChI is InChI=1S/C12H18N4O2/c1-16(9-4-7-18-8-5-9)12-10(11(13)15-17)3-2-6-14-12/h2-3,6,9,17H,4-5,7-8H2,1H3,(H2,13,15). The highest BCUT2D eigenvalue weighted by Gasteiger charge is 2.22. The first-order valence-corrected chi connectivity index (χ1v) is 5.97. The Morgan fingerprint density at radius 3 is 2.94 bits per heavy atom. The van der Waals surface area contributed by atoms with Crippen LogP contribution in [0.4, 0.5) is 5.82 Å². The quantitative estimate of drug-likeness (QED) is 0.358. The van der Waals surface area contributed by atoms with E-state index in [4.69, 9.17) is 15.7 Å². The van der Waals surface area contributed by atoms with Gasteiger partial charge in [0.1, 0.15) is 5.82 Å². The third kappa shape index (κ3) is 2.53. The van der Waals surface area contributed by atoms with Crippen LogP contribution in [-0.2, 0) is 4.74 Å². The Balaban J connectivity index is 2.26. The van der Waals surface area contributed by atoms with Crippen LogP contribution in [0.3, 0.4) is 0 Å². The van der Waals surface area contributed by atoms with Crippen LogP contribution in [-0.4, -0.2) is 42.3 Å². The number of rotatable bonds is 3. The second kappa shape index (κ2) is 5.68. The maximum atomic E-state index is 8.80. The minimum absolute atomic E-state index is 0.0806. The van der Waals surface area contributed by atoms with Gasteiger partial charge >= 0.3 is 0 Å². The summed E-state index contributed by atoms with van der Waals surface area (Å²) in [5.41, 5.74) is 6.32. The van der Waals surface area contributed by atoms with Gasteiger partial charge in [-0.15, -0.1) is 0 Å². The molecule has 98 valence electrons. The molecular formula is C12H18N4O2. The Bertz CT molecular complexity index is 430. The molecule has 6 nitrogen and oxygen atoms in total. The molecule has 1 aromatic heterocycles. The average Bonchev–Trinajstić information content (AvgIpc) is 2.46. The summed E-state index contributed by atoms with van der Waals surface area (Å²) >= 11 is 0. The number of nitrogens with two attached hydrogens (primary N) is 1. The first-order valence-electron chi connectivity index (χ1n) is 5.97. The number of oxime groups is 1. The maximum Gasteiger partial charge on any atom is 0.173 e. The molecular weight excluding hydrogens is 232 g/mol. The van der Waals surface area contributed by atoms with Gasteiger partial charge < -0.3 is 20.6 Å². The molecule has 0 atom stereocenters. The van der Waals surface area contributed by atoms with E-state index < -0.39 is 0 Å². The molecule has 0 spiro atoms. The van der Waals surface area contributed by atoms with E-state index in [2.05, 4.69) is 15.0 Å². The minimum atomic E-state index is 0.0806. The van der Waals surface area contributed by atoms with Crippen molar-refractivity contribution in [1.29, 1.82) is 0 Å². The molecule has 1 aromatic rings. The summed E-state index contributed by atoms with van der Waals surface area (Å²) in [4.78, 5) is 6.42. The van der Waals surface area contributed by atoms with E-state index in [1.807, 2.05) is 7.05 Å². The summed E-state index contributed by atoms with van der Waals surface area (Å²) in [5, 5.41) is 11.9. The zero-order valence-electron chi connectivity index (χ0n) is 10.4. The van der Waals surface area contributed by atoms with Crippen LogP contribution in [0.1, 0.15) is 18.4 Å². The van der Waals surface area contributed by atoms with Gasteiger partial charge in [-0.3, -0.25) is 0 Å². The number of pyridine rings is 1. The van der Waals surface area contributed by atoms with Crippen molar-refractivity contribution >= 4 is 11.7 Å². The van der Waals surface area contributed by atoms with Gasteiger partial charge in [0.25, 0.3) is 0 Å². The molecule has 3 N–H and O–H groups in total. The molecule has 0 saturated carbocycles. The summed E-state index contributed by atoms with van der Waals surface area (Å²) in [6, 6.07) is 3.95. The highest BCUT2D eigenvalue weighted by Crippen LogP contribution is 2.22. The van der Waals surface area contributed by atoms with Gasteiger partial charge in [-0.2, -0.15) is 0 Å². The third-order valence-electron chi connectivity index (χ3n) is 3.24. The molecule has 1 fully saturated rings. The van der Waals surface area contributed by atoms with Crippen LogP contribution >= 0.6 is 0 Å². The lowest BCUT2D eigenvalue weighted by molar-refractivity contribution is 0.0853. The zero-order chi connectivity index (χ0) is 13.0. The Hall–Kier alpha value is -1.82. The number of nitrogens with zero attached hydrogens (tertiary/aromatic N) is 3. The fourth-order valence-electron chi connectivity index (χ4n) is 2.18.